The number of fused-ring (bicyclic) bond motifs is 5. The zero-order valence-electron chi connectivity index (χ0n) is 20.6. The maximum Gasteiger partial charge on any atom is 0.335 e. The Kier molecular flexibility index (Phi) is 5.87. The summed E-state index contributed by atoms with van der Waals surface area (Å²) >= 11 is 0. The molecule has 0 bridgehead atoms. The van der Waals surface area contributed by atoms with Crippen molar-refractivity contribution in [1.29, 1.82) is 0 Å². The number of aldehydes is 1. The highest BCUT2D eigenvalue weighted by Gasteiger charge is 2.71. The van der Waals surface area contributed by atoms with E-state index in [0.717, 1.165) is 31.1 Å². The molecule has 5 rings (SSSR count). The number of rotatable bonds is 4. The van der Waals surface area contributed by atoms with E-state index in [1.807, 2.05) is 6.07 Å². The fraction of sp³-hybridized carbons (Fsp3) is 0.679. The van der Waals surface area contributed by atoms with Gasteiger partial charge in [0, 0.05) is 24.0 Å². The predicted molar refractivity (Wildman–Crippen MR) is 127 cm³/mol. The average molecular weight is 485 g/mol. The summed E-state index contributed by atoms with van der Waals surface area (Å²) in [6, 6.07) is 3.24. The van der Waals surface area contributed by atoms with Gasteiger partial charge in [0.05, 0.1) is 22.9 Å². The van der Waals surface area contributed by atoms with Gasteiger partial charge in [-0.1, -0.05) is 13.0 Å². The molecule has 0 spiro atoms. The van der Waals surface area contributed by atoms with Gasteiger partial charge in [-0.2, -0.15) is 0 Å². The van der Waals surface area contributed by atoms with Crippen molar-refractivity contribution >= 4 is 12.3 Å². The molecule has 2 N–H and O–H groups in total. The summed E-state index contributed by atoms with van der Waals surface area (Å²) in [5, 5.41) is 24.2. The van der Waals surface area contributed by atoms with Crippen LogP contribution in [0.1, 0.15) is 83.1 Å². The van der Waals surface area contributed by atoms with Crippen molar-refractivity contribution in [3.05, 3.63) is 46.5 Å². The molecule has 4 saturated carbocycles. The molecule has 190 valence electrons. The van der Waals surface area contributed by atoms with E-state index in [1.165, 1.54) is 18.4 Å². The Morgan fingerprint density at radius 1 is 1.09 bits per heavy atom. The van der Waals surface area contributed by atoms with Crippen LogP contribution in [0.15, 0.2) is 39.8 Å². The molecule has 7 heteroatoms. The lowest BCUT2D eigenvalue weighted by Crippen LogP contribution is -2.68. The third kappa shape index (κ3) is 3.41. The van der Waals surface area contributed by atoms with Crippen LogP contribution in [0.3, 0.4) is 0 Å². The van der Waals surface area contributed by atoms with Gasteiger partial charge in [-0.05, 0) is 87.7 Å². The maximum absolute atomic E-state index is 12.8. The van der Waals surface area contributed by atoms with E-state index in [1.54, 1.807) is 13.0 Å². The van der Waals surface area contributed by atoms with Crippen LogP contribution in [0.2, 0.25) is 0 Å². The standard InChI is InChI=1S/C28H36O7/c1-3-4-24(31)35-19-7-12-26(17-29)21-8-11-25(2)20(18-5-6-23(30)34-16-18)10-14-28(25,33)22(21)9-13-27(26,32)15-19/h3-6,16-17,19-22,32-33H,7-15H2,1-2H3/b4-3+. The van der Waals surface area contributed by atoms with E-state index in [2.05, 4.69) is 6.92 Å². The van der Waals surface area contributed by atoms with Gasteiger partial charge in [-0.25, -0.2) is 9.59 Å². The van der Waals surface area contributed by atoms with Crippen LogP contribution < -0.4 is 5.63 Å². The van der Waals surface area contributed by atoms with Crippen molar-refractivity contribution in [3.63, 3.8) is 0 Å². The number of ether oxygens (including phenoxy) is 1. The van der Waals surface area contributed by atoms with Crippen molar-refractivity contribution < 1.29 is 29.0 Å². The minimum absolute atomic E-state index is 0.0626. The topological polar surface area (TPSA) is 114 Å². The largest absolute Gasteiger partial charge is 0.459 e. The Balaban J connectivity index is 1.44. The lowest BCUT2D eigenvalue weighted by atomic mass is 9.41. The normalized spacial score (nSPS) is 44.8. The van der Waals surface area contributed by atoms with E-state index >= 15 is 0 Å². The van der Waals surface area contributed by atoms with Crippen molar-refractivity contribution in [2.24, 2.45) is 22.7 Å². The van der Waals surface area contributed by atoms with Crippen LogP contribution in [0.5, 0.6) is 0 Å². The van der Waals surface area contributed by atoms with E-state index in [4.69, 9.17) is 9.15 Å². The Bertz CT molecular complexity index is 1070. The van der Waals surface area contributed by atoms with Gasteiger partial charge in [0.25, 0.3) is 0 Å². The third-order valence-corrected chi connectivity index (χ3v) is 10.4. The molecule has 4 aliphatic carbocycles. The van der Waals surface area contributed by atoms with E-state index in [-0.39, 0.29) is 29.8 Å². The summed E-state index contributed by atoms with van der Waals surface area (Å²) in [6.07, 6.45) is 10.1. The molecule has 8 unspecified atom stereocenters. The Hall–Kier alpha value is -2.25. The molecule has 4 aliphatic rings. The summed E-state index contributed by atoms with van der Waals surface area (Å²) in [5.74, 6) is -0.594. The highest BCUT2D eigenvalue weighted by Crippen LogP contribution is 2.71. The smallest absolute Gasteiger partial charge is 0.335 e. The number of allylic oxidation sites excluding steroid dienone is 1. The van der Waals surface area contributed by atoms with Gasteiger partial charge in [0.2, 0.25) is 0 Å². The summed E-state index contributed by atoms with van der Waals surface area (Å²) < 4.78 is 10.7. The van der Waals surface area contributed by atoms with Crippen LogP contribution in [0.25, 0.3) is 0 Å². The van der Waals surface area contributed by atoms with Crippen LogP contribution in [0.4, 0.5) is 0 Å². The first kappa shape index (κ1) is 24.4. The molecule has 0 saturated heterocycles. The molecule has 4 fully saturated rings. The minimum atomic E-state index is -1.25. The molecular formula is C28H36O7. The van der Waals surface area contributed by atoms with Gasteiger partial charge >= 0.3 is 11.6 Å². The Labute approximate surface area is 205 Å². The van der Waals surface area contributed by atoms with Crippen LogP contribution >= 0.6 is 0 Å². The fourth-order valence-corrected chi connectivity index (χ4v) is 8.67. The second-order valence-electron chi connectivity index (χ2n) is 11.6. The van der Waals surface area contributed by atoms with E-state index in [9.17, 15) is 24.6 Å². The molecule has 0 aliphatic heterocycles. The summed E-state index contributed by atoms with van der Waals surface area (Å²) in [4.78, 5) is 36.3. The lowest BCUT2D eigenvalue weighted by Gasteiger charge is -2.65. The number of hydrogen-bond donors (Lipinski definition) is 2. The van der Waals surface area contributed by atoms with Crippen molar-refractivity contribution in [1.82, 2.24) is 0 Å². The highest BCUT2D eigenvalue weighted by molar-refractivity contribution is 5.82. The van der Waals surface area contributed by atoms with Crippen LogP contribution in [0, 0.1) is 22.7 Å². The quantitative estimate of drug-likeness (QED) is 0.381. The van der Waals surface area contributed by atoms with Gasteiger partial charge in [0.1, 0.15) is 12.4 Å². The van der Waals surface area contributed by atoms with Crippen molar-refractivity contribution in [2.45, 2.75) is 94.9 Å². The zero-order chi connectivity index (χ0) is 25.1. The number of carbonyl (C=O) groups excluding carboxylic acids is 2. The monoisotopic (exact) mass is 484 g/mol. The van der Waals surface area contributed by atoms with Gasteiger partial charge in [0.15, 0.2) is 0 Å². The molecule has 0 aromatic carbocycles. The molecule has 7 nitrogen and oxygen atoms in total. The van der Waals surface area contributed by atoms with Crippen LogP contribution in [-0.2, 0) is 14.3 Å². The summed E-state index contributed by atoms with van der Waals surface area (Å²) in [6.45, 7) is 3.88. The molecule has 1 heterocycles. The summed E-state index contributed by atoms with van der Waals surface area (Å²) in [7, 11) is 0. The van der Waals surface area contributed by atoms with Gasteiger partial charge < -0.3 is 24.2 Å². The third-order valence-electron chi connectivity index (χ3n) is 10.4. The molecule has 0 radical (unpaired) electrons. The number of hydrogen-bond acceptors (Lipinski definition) is 7. The fourth-order valence-electron chi connectivity index (χ4n) is 8.67. The first-order valence-corrected chi connectivity index (χ1v) is 13.0. The van der Waals surface area contributed by atoms with Crippen molar-refractivity contribution in [3.8, 4) is 0 Å². The van der Waals surface area contributed by atoms with Gasteiger partial charge in [-0.15, -0.1) is 0 Å². The second-order valence-corrected chi connectivity index (χ2v) is 11.6. The first-order valence-electron chi connectivity index (χ1n) is 13.0. The van der Waals surface area contributed by atoms with Gasteiger partial charge in [-0.3, -0.25) is 0 Å². The maximum atomic E-state index is 12.8. The highest BCUT2D eigenvalue weighted by atomic mass is 16.5. The molecule has 0 amide bonds. The summed E-state index contributed by atoms with van der Waals surface area (Å²) in [5.41, 5.74) is -3.03. The molecule has 1 aromatic heterocycles. The number of carbonyl (C=O) groups is 2. The molecular weight excluding hydrogens is 448 g/mol. The number of esters is 1. The SMILES string of the molecule is C/C=C/C(=O)OC1CCC2(C=O)C3CCC4(C)C(c5ccc(=O)oc5)CCC4(O)C3CCC2(O)C1. The lowest BCUT2D eigenvalue weighted by molar-refractivity contribution is -0.248. The average Bonchev–Trinajstić information content (AvgIpc) is 3.10. The van der Waals surface area contributed by atoms with E-state index in [0.29, 0.717) is 32.1 Å². The predicted octanol–water partition coefficient (Wildman–Crippen LogP) is 3.66. The van der Waals surface area contributed by atoms with Crippen LogP contribution in [-0.4, -0.2) is 39.8 Å². The zero-order valence-corrected chi connectivity index (χ0v) is 20.6. The van der Waals surface area contributed by atoms with Crippen molar-refractivity contribution in [2.75, 3.05) is 0 Å². The Morgan fingerprint density at radius 3 is 2.54 bits per heavy atom. The minimum Gasteiger partial charge on any atom is -0.459 e. The number of aliphatic hydroxyl groups is 2. The molecule has 8 atom stereocenters. The molecule has 1 aromatic rings. The molecule has 35 heavy (non-hydrogen) atoms. The second kappa shape index (κ2) is 8.41. The van der Waals surface area contributed by atoms with E-state index < -0.39 is 34.1 Å². The first-order chi connectivity index (χ1) is 16.6. The Morgan fingerprint density at radius 2 is 1.86 bits per heavy atom.